The molecule has 0 aliphatic carbocycles. The molecule has 1 aromatic rings. The number of nitrogens with zero attached hydrogens (tertiary/aromatic N) is 1. The van der Waals surface area contributed by atoms with E-state index in [1.807, 2.05) is 0 Å². The Kier molecular flexibility index (Phi) is 5.18. The van der Waals surface area contributed by atoms with Gasteiger partial charge >= 0.3 is 0 Å². The SMILES string of the molecule is COc1cccc(OC)c1CN1CC(CS(=O)(=O)Cl)CC1=O. The zero-order chi connectivity index (χ0) is 16.3. The molecule has 0 saturated carbocycles. The van der Waals surface area contributed by atoms with E-state index in [0.29, 0.717) is 24.6 Å². The molecule has 0 bridgehead atoms. The minimum absolute atomic E-state index is 0.0988. The quantitative estimate of drug-likeness (QED) is 0.731. The molecule has 1 atom stereocenters. The number of rotatable bonds is 6. The van der Waals surface area contributed by atoms with Crippen LogP contribution in [0.5, 0.6) is 11.5 Å². The Labute approximate surface area is 134 Å². The number of amides is 1. The number of carbonyl (C=O) groups excluding carboxylic acids is 1. The number of hydrogen-bond acceptors (Lipinski definition) is 5. The molecule has 8 heteroatoms. The topological polar surface area (TPSA) is 72.9 Å². The smallest absolute Gasteiger partial charge is 0.232 e. The highest BCUT2D eigenvalue weighted by Crippen LogP contribution is 2.32. The second-order valence-electron chi connectivity index (χ2n) is 5.19. The number of ether oxygens (including phenoxy) is 2. The standard InChI is InChI=1S/C14H18ClNO5S/c1-20-12-4-3-5-13(21-2)11(12)8-16-7-10(6-14(16)17)9-22(15,18)19/h3-5,10H,6-9H2,1-2H3. The fourth-order valence-electron chi connectivity index (χ4n) is 2.67. The van der Waals surface area contributed by atoms with Gasteiger partial charge < -0.3 is 14.4 Å². The summed E-state index contributed by atoms with van der Waals surface area (Å²) in [6, 6.07) is 5.38. The van der Waals surface area contributed by atoms with Crippen molar-refractivity contribution in [3.8, 4) is 11.5 Å². The van der Waals surface area contributed by atoms with Gasteiger partial charge in [0.25, 0.3) is 0 Å². The average molecular weight is 348 g/mol. The number of likely N-dealkylation sites (tertiary alicyclic amines) is 1. The lowest BCUT2D eigenvalue weighted by Crippen LogP contribution is -2.26. The van der Waals surface area contributed by atoms with Gasteiger partial charge in [0.05, 0.1) is 32.1 Å². The Bertz CT molecular complexity index is 639. The van der Waals surface area contributed by atoms with E-state index in [-0.39, 0.29) is 24.0 Å². The molecule has 122 valence electrons. The van der Waals surface area contributed by atoms with Gasteiger partial charge in [0, 0.05) is 29.6 Å². The van der Waals surface area contributed by atoms with Crippen LogP contribution in [0.2, 0.25) is 0 Å². The van der Waals surface area contributed by atoms with Crippen LogP contribution in [0.15, 0.2) is 18.2 Å². The second-order valence-corrected chi connectivity index (χ2v) is 8.01. The van der Waals surface area contributed by atoms with Crippen molar-refractivity contribution >= 4 is 25.6 Å². The van der Waals surface area contributed by atoms with Gasteiger partial charge in [-0.05, 0) is 12.1 Å². The molecule has 1 fully saturated rings. The van der Waals surface area contributed by atoms with Crippen LogP contribution in [0.1, 0.15) is 12.0 Å². The molecular weight excluding hydrogens is 330 g/mol. The summed E-state index contributed by atoms with van der Waals surface area (Å²) in [4.78, 5) is 13.7. The predicted molar refractivity (Wildman–Crippen MR) is 82.7 cm³/mol. The molecule has 1 heterocycles. The minimum atomic E-state index is -3.61. The van der Waals surface area contributed by atoms with Crippen molar-refractivity contribution in [1.82, 2.24) is 4.90 Å². The highest BCUT2D eigenvalue weighted by Gasteiger charge is 2.33. The minimum Gasteiger partial charge on any atom is -0.496 e. The Morgan fingerprint density at radius 2 is 1.86 bits per heavy atom. The van der Waals surface area contributed by atoms with E-state index in [4.69, 9.17) is 20.2 Å². The van der Waals surface area contributed by atoms with E-state index >= 15 is 0 Å². The lowest BCUT2D eigenvalue weighted by atomic mass is 10.1. The zero-order valence-electron chi connectivity index (χ0n) is 12.4. The van der Waals surface area contributed by atoms with E-state index in [1.165, 1.54) is 0 Å². The van der Waals surface area contributed by atoms with E-state index in [0.717, 1.165) is 5.56 Å². The molecule has 6 nitrogen and oxygen atoms in total. The van der Waals surface area contributed by atoms with Gasteiger partial charge in [-0.3, -0.25) is 4.79 Å². The Hall–Kier alpha value is -1.47. The van der Waals surface area contributed by atoms with Crippen LogP contribution in [-0.4, -0.2) is 45.7 Å². The third kappa shape index (κ3) is 4.04. The van der Waals surface area contributed by atoms with Crippen LogP contribution in [-0.2, 0) is 20.4 Å². The Balaban J connectivity index is 2.16. The third-order valence-corrected chi connectivity index (χ3v) is 4.86. The summed E-state index contributed by atoms with van der Waals surface area (Å²) in [6.45, 7) is 0.664. The van der Waals surface area contributed by atoms with Gasteiger partial charge in [-0.2, -0.15) is 0 Å². The van der Waals surface area contributed by atoms with E-state index in [2.05, 4.69) is 0 Å². The number of hydrogen-bond donors (Lipinski definition) is 0. The van der Waals surface area contributed by atoms with Crippen molar-refractivity contribution in [3.63, 3.8) is 0 Å². The number of methoxy groups -OCH3 is 2. The summed E-state index contributed by atoms with van der Waals surface area (Å²) in [6.07, 6.45) is 0.184. The van der Waals surface area contributed by atoms with Crippen LogP contribution in [0.4, 0.5) is 0 Å². The van der Waals surface area contributed by atoms with Crippen LogP contribution < -0.4 is 9.47 Å². The highest BCUT2D eigenvalue weighted by molar-refractivity contribution is 8.13. The molecule has 0 aromatic heterocycles. The largest absolute Gasteiger partial charge is 0.496 e. The van der Waals surface area contributed by atoms with Gasteiger partial charge in [-0.25, -0.2) is 8.42 Å². The Morgan fingerprint density at radius 3 is 2.36 bits per heavy atom. The van der Waals surface area contributed by atoms with Crippen molar-refractivity contribution in [2.45, 2.75) is 13.0 Å². The van der Waals surface area contributed by atoms with Gasteiger partial charge in [-0.1, -0.05) is 6.07 Å². The van der Waals surface area contributed by atoms with E-state index in [1.54, 1.807) is 37.3 Å². The molecule has 0 N–H and O–H groups in total. The molecule has 1 amide bonds. The normalized spacial score (nSPS) is 18.6. The van der Waals surface area contributed by atoms with Crippen LogP contribution in [0.25, 0.3) is 0 Å². The summed E-state index contributed by atoms with van der Waals surface area (Å²) < 4.78 is 32.9. The maximum atomic E-state index is 12.1. The highest BCUT2D eigenvalue weighted by atomic mass is 35.7. The molecular formula is C14H18ClNO5S. The van der Waals surface area contributed by atoms with Gasteiger partial charge in [0.2, 0.25) is 15.0 Å². The maximum absolute atomic E-state index is 12.1. The van der Waals surface area contributed by atoms with Gasteiger partial charge in [0.15, 0.2) is 0 Å². The first-order chi connectivity index (χ1) is 10.3. The first kappa shape index (κ1) is 16.9. The molecule has 0 spiro atoms. The molecule has 1 saturated heterocycles. The summed E-state index contributed by atoms with van der Waals surface area (Å²) in [5.74, 6) is 0.676. The van der Waals surface area contributed by atoms with Gasteiger partial charge in [0.1, 0.15) is 11.5 Å². The molecule has 1 aromatic carbocycles. The fraction of sp³-hybridized carbons (Fsp3) is 0.500. The molecule has 22 heavy (non-hydrogen) atoms. The summed E-state index contributed by atoms with van der Waals surface area (Å²) in [7, 11) is 4.75. The zero-order valence-corrected chi connectivity index (χ0v) is 14.0. The maximum Gasteiger partial charge on any atom is 0.232 e. The number of halogens is 1. The summed E-state index contributed by atoms with van der Waals surface area (Å²) in [5.41, 5.74) is 0.759. The van der Waals surface area contributed by atoms with Crippen molar-refractivity contribution < 1.29 is 22.7 Å². The van der Waals surface area contributed by atoms with Crippen molar-refractivity contribution in [3.05, 3.63) is 23.8 Å². The van der Waals surface area contributed by atoms with E-state index in [9.17, 15) is 13.2 Å². The summed E-state index contributed by atoms with van der Waals surface area (Å²) in [5, 5.41) is 0. The fourth-order valence-corrected chi connectivity index (χ4v) is 4.00. The van der Waals surface area contributed by atoms with Crippen LogP contribution in [0.3, 0.4) is 0 Å². The van der Waals surface area contributed by atoms with Gasteiger partial charge in [-0.15, -0.1) is 0 Å². The lowest BCUT2D eigenvalue weighted by Gasteiger charge is -2.20. The number of carbonyl (C=O) groups is 1. The van der Waals surface area contributed by atoms with Crippen LogP contribution in [0, 0.1) is 5.92 Å². The first-order valence-electron chi connectivity index (χ1n) is 6.74. The third-order valence-electron chi connectivity index (χ3n) is 3.61. The molecule has 1 aliphatic heterocycles. The van der Waals surface area contributed by atoms with Crippen molar-refractivity contribution in [1.29, 1.82) is 0 Å². The predicted octanol–water partition coefficient (Wildman–Crippen LogP) is 1.62. The molecule has 1 aliphatic rings. The molecule has 1 unspecified atom stereocenters. The van der Waals surface area contributed by atoms with E-state index < -0.39 is 9.05 Å². The van der Waals surface area contributed by atoms with Crippen molar-refractivity contribution in [2.75, 3.05) is 26.5 Å². The average Bonchev–Trinajstić information content (AvgIpc) is 2.76. The molecule has 0 radical (unpaired) electrons. The second kappa shape index (κ2) is 6.75. The van der Waals surface area contributed by atoms with Crippen LogP contribution >= 0.6 is 10.7 Å². The number of benzene rings is 1. The monoisotopic (exact) mass is 347 g/mol. The summed E-state index contributed by atoms with van der Waals surface area (Å²) >= 11 is 0. The molecule has 2 rings (SSSR count). The Morgan fingerprint density at radius 1 is 1.27 bits per heavy atom. The lowest BCUT2D eigenvalue weighted by molar-refractivity contribution is -0.128. The first-order valence-corrected chi connectivity index (χ1v) is 9.22. The van der Waals surface area contributed by atoms with Crippen molar-refractivity contribution in [2.24, 2.45) is 5.92 Å².